The molecule has 0 aliphatic carbocycles. The van der Waals surface area contributed by atoms with Crippen molar-refractivity contribution in [2.45, 2.75) is 32.6 Å². The molecule has 0 aliphatic rings. The number of rotatable bonds is 5. The lowest BCUT2D eigenvalue weighted by atomic mass is 10.1. The Morgan fingerprint density at radius 3 is 2.53 bits per heavy atom. The van der Waals surface area contributed by atoms with Crippen LogP contribution >= 0.6 is 0 Å². The molecule has 2 heterocycles. The molecular formula is C22H22F3N5O2. The van der Waals surface area contributed by atoms with Crippen LogP contribution in [0, 0.1) is 6.92 Å². The zero-order valence-corrected chi connectivity index (χ0v) is 17.4. The van der Waals surface area contributed by atoms with Gasteiger partial charge in [0.2, 0.25) is 0 Å². The Hall–Kier alpha value is -3.66. The van der Waals surface area contributed by atoms with E-state index in [4.69, 9.17) is 9.90 Å². The van der Waals surface area contributed by atoms with Gasteiger partial charge in [-0.05, 0) is 55.1 Å². The molecule has 0 saturated carbocycles. The van der Waals surface area contributed by atoms with Crippen molar-refractivity contribution >= 4 is 16.9 Å². The molecule has 168 valence electrons. The first-order valence-electron chi connectivity index (χ1n) is 9.73. The molecule has 2 aromatic heterocycles. The minimum atomic E-state index is -5.08. The number of aromatic amines is 1. The second-order valence-electron chi connectivity index (χ2n) is 7.07. The number of H-pyrrole nitrogens is 1. The molecule has 32 heavy (non-hydrogen) atoms. The molecule has 0 bridgehead atoms. The number of carboxylic acid groups (broad SMARTS) is 1. The van der Waals surface area contributed by atoms with Gasteiger partial charge in [0.05, 0.1) is 11.7 Å². The number of carbonyl (C=O) groups is 1. The summed E-state index contributed by atoms with van der Waals surface area (Å²) in [6.45, 7) is 4.86. The quantitative estimate of drug-likeness (QED) is 0.419. The number of nitrogens with zero attached hydrogens (tertiary/aromatic N) is 3. The Kier molecular flexibility index (Phi) is 6.94. The molecule has 7 nitrogen and oxygen atoms in total. The molecule has 2 aromatic carbocycles. The first-order chi connectivity index (χ1) is 15.1. The summed E-state index contributed by atoms with van der Waals surface area (Å²) in [5.41, 5.74) is 3.44. The van der Waals surface area contributed by atoms with Crippen LogP contribution in [-0.4, -0.2) is 37.0 Å². The molecule has 0 radical (unpaired) electrons. The summed E-state index contributed by atoms with van der Waals surface area (Å²) in [4.78, 5) is 16.7. The molecule has 1 atom stereocenters. The van der Waals surface area contributed by atoms with Crippen LogP contribution in [0.5, 0.6) is 0 Å². The van der Waals surface area contributed by atoms with Gasteiger partial charge in [-0.2, -0.15) is 13.2 Å². The van der Waals surface area contributed by atoms with E-state index >= 15 is 0 Å². The van der Waals surface area contributed by atoms with Crippen LogP contribution < -0.4 is 5.32 Å². The molecule has 3 N–H and O–H groups in total. The van der Waals surface area contributed by atoms with E-state index in [2.05, 4.69) is 51.6 Å². The van der Waals surface area contributed by atoms with Crippen molar-refractivity contribution in [3.63, 3.8) is 0 Å². The first kappa shape index (κ1) is 23.0. The van der Waals surface area contributed by atoms with Crippen LogP contribution in [0.2, 0.25) is 0 Å². The Balaban J connectivity index is 0.000000360. The minimum absolute atomic E-state index is 0.0746. The van der Waals surface area contributed by atoms with E-state index in [0.717, 1.165) is 29.4 Å². The number of fused-ring (bicyclic) bond motifs is 1. The van der Waals surface area contributed by atoms with Crippen LogP contribution in [0.15, 0.2) is 60.8 Å². The fourth-order valence-corrected chi connectivity index (χ4v) is 2.98. The summed E-state index contributed by atoms with van der Waals surface area (Å²) < 4.78 is 33.6. The predicted octanol–water partition coefficient (Wildman–Crippen LogP) is 4.54. The lowest BCUT2D eigenvalue weighted by molar-refractivity contribution is -0.192. The molecule has 0 aliphatic heterocycles. The van der Waals surface area contributed by atoms with Gasteiger partial charge in [-0.3, -0.25) is 0 Å². The second-order valence-corrected chi connectivity index (χ2v) is 7.07. The van der Waals surface area contributed by atoms with E-state index in [0.29, 0.717) is 0 Å². The topological polar surface area (TPSA) is 95.8 Å². The summed E-state index contributed by atoms with van der Waals surface area (Å²) >= 11 is 0. The summed E-state index contributed by atoms with van der Waals surface area (Å²) in [5.74, 6) is -1.06. The number of aliphatic carboxylic acids is 1. The van der Waals surface area contributed by atoms with Crippen molar-refractivity contribution in [2.75, 3.05) is 0 Å². The van der Waals surface area contributed by atoms with Crippen LogP contribution in [0.25, 0.3) is 16.6 Å². The van der Waals surface area contributed by atoms with E-state index in [9.17, 15) is 13.2 Å². The average molecular weight is 445 g/mol. The zero-order valence-electron chi connectivity index (χ0n) is 17.4. The van der Waals surface area contributed by atoms with E-state index in [-0.39, 0.29) is 6.04 Å². The van der Waals surface area contributed by atoms with Gasteiger partial charge in [0.25, 0.3) is 0 Å². The highest BCUT2D eigenvalue weighted by Gasteiger charge is 2.38. The maximum Gasteiger partial charge on any atom is 0.490 e. The van der Waals surface area contributed by atoms with E-state index in [1.165, 1.54) is 10.9 Å². The lowest BCUT2D eigenvalue weighted by Crippen LogP contribution is -2.21. The maximum atomic E-state index is 10.6. The van der Waals surface area contributed by atoms with Crippen LogP contribution in [-0.2, 0) is 11.3 Å². The first-order valence-corrected chi connectivity index (χ1v) is 9.73. The average Bonchev–Trinajstić information content (AvgIpc) is 3.38. The number of hydrogen-bond donors (Lipinski definition) is 3. The summed E-state index contributed by atoms with van der Waals surface area (Å²) in [6, 6.07) is 18.7. The number of aryl methyl sites for hydroxylation is 1. The van der Waals surface area contributed by atoms with E-state index < -0.39 is 12.1 Å². The van der Waals surface area contributed by atoms with E-state index in [1.807, 2.05) is 48.1 Å². The van der Waals surface area contributed by atoms with Crippen molar-refractivity contribution in [3.8, 4) is 5.69 Å². The molecule has 0 saturated heterocycles. The molecule has 0 fully saturated rings. The third-order valence-electron chi connectivity index (χ3n) is 4.65. The van der Waals surface area contributed by atoms with Gasteiger partial charge < -0.3 is 15.4 Å². The standard InChI is InChI=1S/C20H21N5.C2HF3O2/c1-14(22-13-16-8-9-19-17(12-16)10-11-21-19)20-23-15(2)25(24-20)18-6-4-3-5-7-18;3-2(4,5)1(6)7/h3-12,14,21-22H,13H2,1-2H3;(H,6,7). The highest BCUT2D eigenvalue weighted by Crippen LogP contribution is 2.17. The van der Waals surface area contributed by atoms with Crippen molar-refractivity contribution in [2.24, 2.45) is 0 Å². The number of halogens is 3. The number of alkyl halides is 3. The van der Waals surface area contributed by atoms with Gasteiger partial charge in [-0.15, -0.1) is 5.10 Å². The fraction of sp³-hybridized carbons (Fsp3) is 0.227. The smallest absolute Gasteiger partial charge is 0.475 e. The van der Waals surface area contributed by atoms with Crippen molar-refractivity contribution < 1.29 is 23.1 Å². The number of aromatic nitrogens is 4. The number of para-hydroxylation sites is 1. The molecule has 1 unspecified atom stereocenters. The van der Waals surface area contributed by atoms with E-state index in [1.54, 1.807) is 0 Å². The number of nitrogens with one attached hydrogen (secondary N) is 2. The van der Waals surface area contributed by atoms with Gasteiger partial charge in [-0.1, -0.05) is 24.3 Å². The third-order valence-corrected chi connectivity index (χ3v) is 4.65. The largest absolute Gasteiger partial charge is 0.490 e. The minimum Gasteiger partial charge on any atom is -0.475 e. The fourth-order valence-electron chi connectivity index (χ4n) is 2.98. The number of hydrogen-bond acceptors (Lipinski definition) is 4. The molecular weight excluding hydrogens is 423 g/mol. The Morgan fingerprint density at radius 2 is 1.88 bits per heavy atom. The third kappa shape index (κ3) is 5.73. The van der Waals surface area contributed by atoms with Crippen LogP contribution in [0.4, 0.5) is 13.2 Å². The molecule has 4 rings (SSSR count). The van der Waals surface area contributed by atoms with Gasteiger partial charge in [0.15, 0.2) is 5.82 Å². The number of carboxylic acids is 1. The normalized spacial score (nSPS) is 12.3. The molecule has 0 amide bonds. The van der Waals surface area contributed by atoms with Gasteiger partial charge in [0.1, 0.15) is 5.82 Å². The van der Waals surface area contributed by atoms with Gasteiger partial charge in [-0.25, -0.2) is 14.5 Å². The Morgan fingerprint density at radius 1 is 1.19 bits per heavy atom. The molecule has 0 spiro atoms. The van der Waals surface area contributed by atoms with Crippen molar-refractivity contribution in [3.05, 3.63) is 78.0 Å². The number of benzene rings is 2. The summed E-state index contributed by atoms with van der Waals surface area (Å²) in [7, 11) is 0. The highest BCUT2D eigenvalue weighted by molar-refractivity contribution is 5.79. The molecule has 4 aromatic rings. The van der Waals surface area contributed by atoms with Gasteiger partial charge >= 0.3 is 12.1 Å². The maximum absolute atomic E-state index is 10.6. The van der Waals surface area contributed by atoms with Gasteiger partial charge in [0, 0.05) is 18.3 Å². The summed E-state index contributed by atoms with van der Waals surface area (Å²) in [6.07, 6.45) is -3.12. The lowest BCUT2D eigenvalue weighted by Gasteiger charge is -2.10. The zero-order chi connectivity index (χ0) is 23.3. The van der Waals surface area contributed by atoms with Crippen molar-refractivity contribution in [1.29, 1.82) is 0 Å². The summed E-state index contributed by atoms with van der Waals surface area (Å²) in [5, 5.41) is 16.5. The molecule has 10 heteroatoms. The predicted molar refractivity (Wildman–Crippen MR) is 113 cm³/mol. The SMILES string of the molecule is Cc1nc(C(C)NCc2ccc3[nH]ccc3c2)nn1-c1ccccc1.O=C(O)C(F)(F)F. The Labute approximate surface area is 181 Å². The van der Waals surface area contributed by atoms with Crippen molar-refractivity contribution in [1.82, 2.24) is 25.1 Å². The monoisotopic (exact) mass is 445 g/mol. The van der Waals surface area contributed by atoms with Crippen LogP contribution in [0.1, 0.15) is 30.2 Å². The van der Waals surface area contributed by atoms with Crippen LogP contribution in [0.3, 0.4) is 0 Å². The highest BCUT2D eigenvalue weighted by atomic mass is 19.4. The Bertz CT molecular complexity index is 1190. The second kappa shape index (κ2) is 9.65.